The van der Waals surface area contributed by atoms with Crippen LogP contribution in [0.5, 0.6) is 0 Å². The summed E-state index contributed by atoms with van der Waals surface area (Å²) in [4.78, 5) is 4.41. The van der Waals surface area contributed by atoms with E-state index in [0.717, 1.165) is 12.1 Å². The number of aromatic nitrogens is 1. The molecular weight excluding hydrogens is 196 g/mol. The van der Waals surface area contributed by atoms with Gasteiger partial charge in [-0.1, -0.05) is 30.3 Å². The van der Waals surface area contributed by atoms with Crippen molar-refractivity contribution in [2.75, 3.05) is 6.54 Å². The first-order chi connectivity index (χ1) is 7.83. The van der Waals surface area contributed by atoms with E-state index < -0.39 is 0 Å². The van der Waals surface area contributed by atoms with Crippen LogP contribution >= 0.6 is 0 Å². The van der Waals surface area contributed by atoms with E-state index in [1.54, 1.807) is 0 Å². The normalized spacial score (nSPS) is 10.4. The molecule has 0 saturated heterocycles. The van der Waals surface area contributed by atoms with E-state index in [0.29, 0.717) is 6.54 Å². The van der Waals surface area contributed by atoms with Gasteiger partial charge >= 0.3 is 0 Å². The summed E-state index contributed by atoms with van der Waals surface area (Å²) >= 11 is 0. The molecule has 2 rings (SSSR count). The van der Waals surface area contributed by atoms with Gasteiger partial charge in [-0.2, -0.15) is 0 Å². The summed E-state index contributed by atoms with van der Waals surface area (Å²) in [7, 11) is 0. The molecule has 16 heavy (non-hydrogen) atoms. The predicted molar refractivity (Wildman–Crippen MR) is 67.2 cm³/mol. The van der Waals surface area contributed by atoms with Gasteiger partial charge < -0.3 is 5.73 Å². The molecule has 0 saturated carbocycles. The second-order valence-corrected chi connectivity index (χ2v) is 3.85. The number of aryl methyl sites for hydroxylation is 1. The molecule has 0 aliphatic carbocycles. The Hall–Kier alpha value is -1.67. The lowest BCUT2D eigenvalue weighted by molar-refractivity contribution is 0.925. The van der Waals surface area contributed by atoms with Crippen molar-refractivity contribution < 1.29 is 0 Å². The van der Waals surface area contributed by atoms with E-state index in [-0.39, 0.29) is 0 Å². The van der Waals surface area contributed by atoms with Crippen LogP contribution in [0.1, 0.15) is 11.3 Å². The van der Waals surface area contributed by atoms with Gasteiger partial charge in [0, 0.05) is 23.9 Å². The quantitative estimate of drug-likeness (QED) is 0.849. The van der Waals surface area contributed by atoms with Crippen LogP contribution in [-0.2, 0) is 6.42 Å². The number of nitrogens with two attached hydrogens (primary N) is 1. The number of pyridine rings is 1. The van der Waals surface area contributed by atoms with Crippen molar-refractivity contribution in [1.29, 1.82) is 0 Å². The summed E-state index contributed by atoms with van der Waals surface area (Å²) in [6, 6.07) is 12.4. The van der Waals surface area contributed by atoms with Crippen LogP contribution in [0, 0.1) is 6.92 Å². The van der Waals surface area contributed by atoms with E-state index in [1.165, 1.54) is 16.7 Å². The molecular formula is C14H16N2. The zero-order valence-corrected chi connectivity index (χ0v) is 9.48. The lowest BCUT2D eigenvalue weighted by Crippen LogP contribution is -2.05. The molecule has 0 aliphatic heterocycles. The van der Waals surface area contributed by atoms with Crippen LogP contribution in [0.25, 0.3) is 11.1 Å². The highest BCUT2D eigenvalue weighted by molar-refractivity contribution is 5.69. The number of benzene rings is 1. The maximum Gasteiger partial charge on any atom is 0.0494 e. The third kappa shape index (κ3) is 2.12. The number of nitrogens with zero attached hydrogens (tertiary/aromatic N) is 1. The first-order valence-corrected chi connectivity index (χ1v) is 5.53. The lowest BCUT2D eigenvalue weighted by atomic mass is 9.98. The van der Waals surface area contributed by atoms with Crippen LogP contribution in [0.2, 0.25) is 0 Å². The number of rotatable bonds is 3. The Morgan fingerprint density at radius 3 is 2.56 bits per heavy atom. The van der Waals surface area contributed by atoms with Crippen LogP contribution in [0.15, 0.2) is 42.6 Å². The Kier molecular flexibility index (Phi) is 3.32. The molecule has 0 atom stereocenters. The highest BCUT2D eigenvalue weighted by Gasteiger charge is 2.06. The fourth-order valence-corrected chi connectivity index (χ4v) is 1.89. The molecule has 2 heteroatoms. The summed E-state index contributed by atoms with van der Waals surface area (Å²) in [5, 5.41) is 0. The second-order valence-electron chi connectivity index (χ2n) is 3.85. The van der Waals surface area contributed by atoms with E-state index in [9.17, 15) is 0 Å². The highest BCUT2D eigenvalue weighted by Crippen LogP contribution is 2.25. The zero-order valence-electron chi connectivity index (χ0n) is 9.48. The number of hydrogen-bond donors (Lipinski definition) is 1. The van der Waals surface area contributed by atoms with Crippen molar-refractivity contribution in [2.45, 2.75) is 13.3 Å². The van der Waals surface area contributed by atoms with Gasteiger partial charge in [0.05, 0.1) is 0 Å². The first-order valence-electron chi connectivity index (χ1n) is 5.53. The molecule has 2 N–H and O–H groups in total. The standard InChI is InChI=1S/C14H16N2/c1-11-5-2-3-6-12(11)13-7-4-10-16-14(13)8-9-15/h2-7,10H,8-9,15H2,1H3. The van der Waals surface area contributed by atoms with Gasteiger partial charge in [0.1, 0.15) is 0 Å². The SMILES string of the molecule is Cc1ccccc1-c1cccnc1CCN. The largest absolute Gasteiger partial charge is 0.330 e. The van der Waals surface area contributed by atoms with Gasteiger partial charge in [-0.3, -0.25) is 4.98 Å². The van der Waals surface area contributed by atoms with E-state index >= 15 is 0 Å². The van der Waals surface area contributed by atoms with Gasteiger partial charge in [-0.15, -0.1) is 0 Å². The predicted octanol–water partition coefficient (Wildman–Crippen LogP) is 2.56. The monoisotopic (exact) mass is 212 g/mol. The fraction of sp³-hybridized carbons (Fsp3) is 0.214. The van der Waals surface area contributed by atoms with Gasteiger partial charge in [-0.25, -0.2) is 0 Å². The topological polar surface area (TPSA) is 38.9 Å². The van der Waals surface area contributed by atoms with Crippen molar-refractivity contribution in [2.24, 2.45) is 5.73 Å². The summed E-state index contributed by atoms with van der Waals surface area (Å²) < 4.78 is 0. The molecule has 1 aromatic heterocycles. The minimum atomic E-state index is 0.635. The van der Waals surface area contributed by atoms with Crippen molar-refractivity contribution in [3.05, 3.63) is 53.9 Å². The summed E-state index contributed by atoms with van der Waals surface area (Å²) in [5.41, 5.74) is 10.4. The summed E-state index contributed by atoms with van der Waals surface area (Å²) in [5.74, 6) is 0. The molecule has 0 unspecified atom stereocenters. The molecule has 1 heterocycles. The van der Waals surface area contributed by atoms with Crippen LogP contribution in [0.3, 0.4) is 0 Å². The molecule has 0 fully saturated rings. The average Bonchev–Trinajstić information content (AvgIpc) is 2.31. The average molecular weight is 212 g/mol. The van der Waals surface area contributed by atoms with Crippen molar-refractivity contribution in [3.8, 4) is 11.1 Å². The molecule has 0 aliphatic rings. The lowest BCUT2D eigenvalue weighted by Gasteiger charge is -2.10. The van der Waals surface area contributed by atoms with Crippen LogP contribution < -0.4 is 5.73 Å². The summed E-state index contributed by atoms with van der Waals surface area (Å²) in [6.07, 6.45) is 2.65. The van der Waals surface area contributed by atoms with E-state index in [1.807, 2.05) is 12.3 Å². The van der Waals surface area contributed by atoms with Crippen molar-refractivity contribution in [1.82, 2.24) is 4.98 Å². The minimum Gasteiger partial charge on any atom is -0.330 e. The Labute approximate surface area is 96.1 Å². The number of hydrogen-bond acceptors (Lipinski definition) is 2. The smallest absolute Gasteiger partial charge is 0.0494 e. The van der Waals surface area contributed by atoms with Crippen LogP contribution in [0.4, 0.5) is 0 Å². The zero-order chi connectivity index (χ0) is 11.4. The maximum absolute atomic E-state index is 5.61. The molecule has 0 radical (unpaired) electrons. The molecule has 0 bridgehead atoms. The highest BCUT2D eigenvalue weighted by atomic mass is 14.7. The van der Waals surface area contributed by atoms with E-state index in [4.69, 9.17) is 5.73 Å². The van der Waals surface area contributed by atoms with Gasteiger partial charge in [0.2, 0.25) is 0 Å². The van der Waals surface area contributed by atoms with E-state index in [2.05, 4.69) is 42.2 Å². The van der Waals surface area contributed by atoms with Gasteiger partial charge in [-0.05, 0) is 30.7 Å². The van der Waals surface area contributed by atoms with Crippen LogP contribution in [-0.4, -0.2) is 11.5 Å². The third-order valence-electron chi connectivity index (χ3n) is 2.71. The van der Waals surface area contributed by atoms with Gasteiger partial charge in [0.25, 0.3) is 0 Å². The Balaban J connectivity index is 2.51. The minimum absolute atomic E-state index is 0.635. The van der Waals surface area contributed by atoms with Crippen molar-refractivity contribution in [3.63, 3.8) is 0 Å². The molecule has 2 nitrogen and oxygen atoms in total. The Morgan fingerprint density at radius 1 is 1.06 bits per heavy atom. The fourth-order valence-electron chi connectivity index (χ4n) is 1.89. The molecule has 0 amide bonds. The Morgan fingerprint density at radius 2 is 1.81 bits per heavy atom. The Bertz CT molecular complexity index is 478. The molecule has 1 aromatic carbocycles. The third-order valence-corrected chi connectivity index (χ3v) is 2.71. The first kappa shape index (κ1) is 10.8. The second kappa shape index (κ2) is 4.90. The summed E-state index contributed by atoms with van der Waals surface area (Å²) in [6.45, 7) is 2.75. The van der Waals surface area contributed by atoms with Gasteiger partial charge in [0.15, 0.2) is 0 Å². The molecule has 82 valence electrons. The maximum atomic E-state index is 5.61. The molecule has 0 spiro atoms. The molecule has 2 aromatic rings. The van der Waals surface area contributed by atoms with Crippen molar-refractivity contribution >= 4 is 0 Å².